The number of hydrogen-bond donors (Lipinski definition) is 0. The van der Waals surface area contributed by atoms with Crippen molar-refractivity contribution in [3.63, 3.8) is 0 Å². The summed E-state index contributed by atoms with van der Waals surface area (Å²) < 4.78 is 27.4. The van der Waals surface area contributed by atoms with Gasteiger partial charge in [0.15, 0.2) is 0 Å². The largest absolute Gasteiger partial charge is 0.243 e. The molecule has 1 fully saturated rings. The molecule has 5 heteroatoms. The molecular weight excluding hydrogens is 308 g/mol. The van der Waals surface area contributed by atoms with E-state index in [0.29, 0.717) is 12.1 Å². The number of rotatable bonds is 4. The summed E-state index contributed by atoms with van der Waals surface area (Å²) in [6.45, 7) is 0.555. The zero-order chi connectivity index (χ0) is 16.3. The quantitative estimate of drug-likeness (QED) is 0.868. The Morgan fingerprint density at radius 3 is 2.43 bits per heavy atom. The van der Waals surface area contributed by atoms with Crippen molar-refractivity contribution in [3.05, 3.63) is 65.7 Å². The number of sulfonamides is 1. The highest BCUT2D eigenvalue weighted by molar-refractivity contribution is 7.89. The molecule has 118 valence electrons. The van der Waals surface area contributed by atoms with Crippen molar-refractivity contribution >= 4 is 10.0 Å². The van der Waals surface area contributed by atoms with Crippen molar-refractivity contribution in [2.24, 2.45) is 0 Å². The normalized spacial score (nSPS) is 18.7. The Bertz CT molecular complexity index is 808. The summed E-state index contributed by atoms with van der Waals surface area (Å²) in [5.41, 5.74) is 1.62. The van der Waals surface area contributed by atoms with E-state index in [-0.39, 0.29) is 10.9 Å². The van der Waals surface area contributed by atoms with Gasteiger partial charge in [0.05, 0.1) is 16.5 Å². The molecule has 2 aromatic rings. The molecule has 1 aliphatic rings. The first-order valence-electron chi connectivity index (χ1n) is 7.67. The first-order chi connectivity index (χ1) is 11.1. The first-order valence-corrected chi connectivity index (χ1v) is 9.11. The number of nitriles is 1. The van der Waals surface area contributed by atoms with Crippen LogP contribution in [0.3, 0.4) is 0 Å². The molecule has 1 saturated heterocycles. The van der Waals surface area contributed by atoms with Gasteiger partial charge >= 0.3 is 0 Å². The Morgan fingerprint density at radius 2 is 1.78 bits per heavy atom. The Balaban J connectivity index is 1.84. The standard InChI is InChI=1S/C18H18N2O2S/c19-14-16-8-10-18(11-9-16)23(21,22)20-12-4-7-17(20)13-15-5-2-1-3-6-15/h1-3,5-6,8-11,17H,4,7,12-13H2. The molecule has 1 heterocycles. The van der Waals surface area contributed by atoms with E-state index in [1.165, 1.54) is 12.1 Å². The average molecular weight is 326 g/mol. The average Bonchev–Trinajstić information content (AvgIpc) is 3.05. The van der Waals surface area contributed by atoms with Crippen LogP contribution < -0.4 is 0 Å². The van der Waals surface area contributed by atoms with Crippen LogP contribution >= 0.6 is 0 Å². The van der Waals surface area contributed by atoms with E-state index in [2.05, 4.69) is 0 Å². The van der Waals surface area contributed by atoms with Gasteiger partial charge < -0.3 is 0 Å². The van der Waals surface area contributed by atoms with Gasteiger partial charge in [-0.15, -0.1) is 0 Å². The lowest BCUT2D eigenvalue weighted by atomic mass is 10.1. The third-order valence-corrected chi connectivity index (χ3v) is 6.19. The maximum atomic E-state index is 12.9. The van der Waals surface area contributed by atoms with E-state index >= 15 is 0 Å². The molecule has 4 nitrogen and oxygen atoms in total. The lowest BCUT2D eigenvalue weighted by molar-refractivity contribution is 0.385. The van der Waals surface area contributed by atoms with Crippen LogP contribution in [0.15, 0.2) is 59.5 Å². The third kappa shape index (κ3) is 3.29. The van der Waals surface area contributed by atoms with Crippen molar-refractivity contribution in [3.8, 4) is 6.07 Å². The molecule has 0 radical (unpaired) electrons. The van der Waals surface area contributed by atoms with Crippen LogP contribution in [0.5, 0.6) is 0 Å². The predicted molar refractivity (Wildman–Crippen MR) is 88.2 cm³/mol. The van der Waals surface area contributed by atoms with E-state index in [4.69, 9.17) is 5.26 Å². The minimum Gasteiger partial charge on any atom is -0.207 e. The lowest BCUT2D eigenvalue weighted by Crippen LogP contribution is -2.36. The van der Waals surface area contributed by atoms with Crippen molar-refractivity contribution in [2.75, 3.05) is 6.54 Å². The van der Waals surface area contributed by atoms with Gasteiger partial charge in [-0.05, 0) is 49.1 Å². The van der Waals surface area contributed by atoms with E-state index in [9.17, 15) is 8.42 Å². The highest BCUT2D eigenvalue weighted by Crippen LogP contribution is 2.28. The molecule has 0 bridgehead atoms. The molecule has 2 aromatic carbocycles. The molecule has 1 unspecified atom stereocenters. The smallest absolute Gasteiger partial charge is 0.207 e. The minimum atomic E-state index is -3.51. The van der Waals surface area contributed by atoms with Crippen molar-refractivity contribution in [2.45, 2.75) is 30.2 Å². The minimum absolute atomic E-state index is 0.00181. The SMILES string of the molecule is N#Cc1ccc(S(=O)(=O)N2CCCC2Cc2ccccc2)cc1. The fourth-order valence-corrected chi connectivity index (χ4v) is 4.75. The number of hydrogen-bond acceptors (Lipinski definition) is 3. The molecular formula is C18H18N2O2S. The van der Waals surface area contributed by atoms with Crippen LogP contribution in [0.25, 0.3) is 0 Å². The van der Waals surface area contributed by atoms with Gasteiger partial charge in [-0.2, -0.15) is 9.57 Å². The molecule has 0 N–H and O–H groups in total. The maximum Gasteiger partial charge on any atom is 0.243 e. The molecule has 0 aliphatic carbocycles. The highest BCUT2D eigenvalue weighted by Gasteiger charge is 2.35. The summed E-state index contributed by atoms with van der Waals surface area (Å²) in [5, 5.41) is 8.84. The first kappa shape index (κ1) is 15.7. The van der Waals surface area contributed by atoms with Crippen LogP contribution in [0.2, 0.25) is 0 Å². The second-order valence-corrected chi connectivity index (χ2v) is 7.63. The Morgan fingerprint density at radius 1 is 1.09 bits per heavy atom. The van der Waals surface area contributed by atoms with Crippen LogP contribution in [0.4, 0.5) is 0 Å². The zero-order valence-corrected chi connectivity index (χ0v) is 13.5. The Kier molecular flexibility index (Phi) is 4.46. The van der Waals surface area contributed by atoms with Crippen LogP contribution in [0, 0.1) is 11.3 Å². The van der Waals surface area contributed by atoms with Gasteiger partial charge in [0.2, 0.25) is 10.0 Å². The Labute approximate surface area is 137 Å². The van der Waals surface area contributed by atoms with Crippen molar-refractivity contribution < 1.29 is 8.42 Å². The second-order valence-electron chi connectivity index (χ2n) is 5.74. The fourth-order valence-electron chi connectivity index (χ4n) is 3.05. The van der Waals surface area contributed by atoms with Crippen molar-refractivity contribution in [1.29, 1.82) is 5.26 Å². The van der Waals surface area contributed by atoms with Gasteiger partial charge in [0, 0.05) is 12.6 Å². The van der Waals surface area contributed by atoms with Crippen molar-refractivity contribution in [1.82, 2.24) is 4.31 Å². The molecule has 1 atom stereocenters. The lowest BCUT2D eigenvalue weighted by Gasteiger charge is -2.24. The van der Waals surface area contributed by atoms with Crippen LogP contribution in [-0.4, -0.2) is 25.3 Å². The summed E-state index contributed by atoms with van der Waals surface area (Å²) in [5.74, 6) is 0. The zero-order valence-electron chi connectivity index (χ0n) is 12.7. The maximum absolute atomic E-state index is 12.9. The van der Waals surface area contributed by atoms with E-state index in [1.54, 1.807) is 16.4 Å². The van der Waals surface area contributed by atoms with E-state index in [0.717, 1.165) is 24.8 Å². The summed E-state index contributed by atoms with van der Waals surface area (Å²) >= 11 is 0. The highest BCUT2D eigenvalue weighted by atomic mass is 32.2. The van der Waals surface area contributed by atoms with Gasteiger partial charge in [-0.1, -0.05) is 30.3 Å². The molecule has 1 aliphatic heterocycles. The fraction of sp³-hybridized carbons (Fsp3) is 0.278. The van der Waals surface area contributed by atoms with Crippen LogP contribution in [-0.2, 0) is 16.4 Å². The van der Waals surface area contributed by atoms with E-state index in [1.807, 2.05) is 36.4 Å². The van der Waals surface area contributed by atoms with E-state index < -0.39 is 10.0 Å². The van der Waals surface area contributed by atoms with Gasteiger partial charge in [-0.3, -0.25) is 0 Å². The monoisotopic (exact) mass is 326 g/mol. The molecule has 0 saturated carbocycles. The van der Waals surface area contributed by atoms with Gasteiger partial charge in [0.1, 0.15) is 0 Å². The third-order valence-electron chi connectivity index (χ3n) is 4.23. The Hall–Kier alpha value is -2.16. The van der Waals surface area contributed by atoms with Gasteiger partial charge in [-0.25, -0.2) is 8.42 Å². The summed E-state index contributed by atoms with van der Waals surface area (Å²) in [6, 6.07) is 18.1. The topological polar surface area (TPSA) is 61.2 Å². The number of nitrogens with zero attached hydrogens (tertiary/aromatic N) is 2. The molecule has 0 spiro atoms. The molecule has 3 rings (SSSR count). The predicted octanol–water partition coefficient (Wildman–Crippen LogP) is 2.95. The molecule has 0 aromatic heterocycles. The summed E-state index contributed by atoms with van der Waals surface area (Å²) in [7, 11) is -3.51. The summed E-state index contributed by atoms with van der Waals surface area (Å²) in [6.07, 6.45) is 2.49. The second kappa shape index (κ2) is 6.53. The van der Waals surface area contributed by atoms with Gasteiger partial charge in [0.25, 0.3) is 0 Å². The molecule has 0 amide bonds. The van der Waals surface area contributed by atoms with Crippen LogP contribution in [0.1, 0.15) is 24.0 Å². The summed E-state index contributed by atoms with van der Waals surface area (Å²) in [4.78, 5) is 0.261. The number of benzene rings is 2. The molecule has 23 heavy (non-hydrogen) atoms.